The summed E-state index contributed by atoms with van der Waals surface area (Å²) < 4.78 is 15.9. The molecule has 0 unspecified atom stereocenters. The third-order valence-electron chi connectivity index (χ3n) is 6.24. The van der Waals surface area contributed by atoms with E-state index < -0.39 is 0 Å². The Bertz CT molecular complexity index is 1050. The molecule has 0 radical (unpaired) electrons. The molecule has 1 amide bonds. The minimum Gasteiger partial charge on any atom is -0.330 e. The molecule has 4 heterocycles. The number of fused-ring (bicyclic) bond motifs is 1. The zero-order valence-electron chi connectivity index (χ0n) is 16.9. The van der Waals surface area contributed by atoms with Gasteiger partial charge in [0.25, 0.3) is 5.91 Å². The average molecular weight is 405 g/mol. The number of benzene rings is 1. The van der Waals surface area contributed by atoms with Crippen molar-refractivity contribution >= 4 is 5.91 Å². The maximum Gasteiger partial charge on any atom is 0.272 e. The van der Waals surface area contributed by atoms with E-state index in [4.69, 9.17) is 0 Å². The molecule has 7 heteroatoms. The first-order chi connectivity index (χ1) is 14.6. The van der Waals surface area contributed by atoms with E-state index in [0.29, 0.717) is 18.2 Å². The highest BCUT2D eigenvalue weighted by molar-refractivity contribution is 5.92. The molecular weight excluding hydrogens is 381 g/mol. The summed E-state index contributed by atoms with van der Waals surface area (Å²) in [5.41, 5.74) is 2.47. The predicted octanol–water partition coefficient (Wildman–Crippen LogP) is 2.90. The van der Waals surface area contributed by atoms with Gasteiger partial charge in [-0.25, -0.2) is 4.39 Å². The van der Waals surface area contributed by atoms with Crippen LogP contribution in [-0.4, -0.2) is 50.1 Å². The van der Waals surface area contributed by atoms with Crippen LogP contribution in [0.3, 0.4) is 0 Å². The van der Waals surface area contributed by atoms with Crippen LogP contribution in [0.15, 0.2) is 61.1 Å². The van der Waals surface area contributed by atoms with Gasteiger partial charge in [-0.2, -0.15) is 5.10 Å². The second kappa shape index (κ2) is 7.65. The summed E-state index contributed by atoms with van der Waals surface area (Å²) >= 11 is 0. The molecule has 2 fully saturated rings. The molecule has 0 saturated carbocycles. The zero-order chi connectivity index (χ0) is 20.7. The van der Waals surface area contributed by atoms with E-state index in [2.05, 4.69) is 15.0 Å². The van der Waals surface area contributed by atoms with Crippen LogP contribution >= 0.6 is 0 Å². The number of likely N-dealkylation sites (tertiary alicyclic amines) is 2. The van der Waals surface area contributed by atoms with Gasteiger partial charge in [-0.1, -0.05) is 18.2 Å². The fraction of sp³-hybridized carbons (Fsp3) is 0.348. The molecule has 30 heavy (non-hydrogen) atoms. The first-order valence-electron chi connectivity index (χ1n) is 10.3. The Hall–Kier alpha value is -3.06. The molecule has 3 atom stereocenters. The highest BCUT2D eigenvalue weighted by Gasteiger charge is 2.49. The van der Waals surface area contributed by atoms with E-state index in [9.17, 15) is 9.18 Å². The molecular formula is C23H24FN5O. The molecule has 2 aliphatic heterocycles. The Morgan fingerprint density at radius 1 is 1.17 bits per heavy atom. The van der Waals surface area contributed by atoms with Crippen molar-refractivity contribution in [1.29, 1.82) is 0 Å². The number of hydrogen-bond acceptors (Lipinski definition) is 4. The number of aryl methyl sites for hydroxylation is 1. The SMILES string of the molecule is Cn1cc(CN2C[C@H]3CN(C(=O)c4ccccn4)[C@@H](c4cccc(F)c4)[C@H]3C2)cn1. The molecule has 0 N–H and O–H groups in total. The van der Waals surface area contributed by atoms with Gasteiger partial charge in [0.1, 0.15) is 11.5 Å². The molecule has 154 valence electrons. The predicted molar refractivity (Wildman–Crippen MR) is 110 cm³/mol. The maximum absolute atomic E-state index is 14.0. The van der Waals surface area contributed by atoms with E-state index in [0.717, 1.165) is 25.2 Å². The van der Waals surface area contributed by atoms with Gasteiger partial charge in [0.05, 0.1) is 12.2 Å². The smallest absolute Gasteiger partial charge is 0.272 e. The number of rotatable bonds is 4. The van der Waals surface area contributed by atoms with Crippen LogP contribution in [0.1, 0.15) is 27.7 Å². The molecule has 2 aromatic heterocycles. The van der Waals surface area contributed by atoms with Crippen molar-refractivity contribution in [3.63, 3.8) is 0 Å². The van der Waals surface area contributed by atoms with E-state index in [1.807, 2.05) is 41.2 Å². The fourth-order valence-electron chi connectivity index (χ4n) is 5.04. The summed E-state index contributed by atoms with van der Waals surface area (Å²) in [5.74, 6) is 0.253. The lowest BCUT2D eigenvalue weighted by molar-refractivity contribution is 0.0693. The second-order valence-electron chi connectivity index (χ2n) is 8.31. The topological polar surface area (TPSA) is 54.3 Å². The lowest BCUT2D eigenvalue weighted by Crippen LogP contribution is -2.36. The van der Waals surface area contributed by atoms with E-state index in [1.54, 1.807) is 30.5 Å². The van der Waals surface area contributed by atoms with Gasteiger partial charge in [-0.15, -0.1) is 0 Å². The molecule has 0 aliphatic carbocycles. The van der Waals surface area contributed by atoms with Crippen molar-refractivity contribution in [1.82, 2.24) is 24.6 Å². The van der Waals surface area contributed by atoms with Crippen molar-refractivity contribution in [2.75, 3.05) is 19.6 Å². The van der Waals surface area contributed by atoms with Crippen LogP contribution in [0.4, 0.5) is 4.39 Å². The van der Waals surface area contributed by atoms with E-state index in [1.165, 1.54) is 11.6 Å². The molecule has 2 aliphatic rings. The van der Waals surface area contributed by atoms with Crippen molar-refractivity contribution in [2.24, 2.45) is 18.9 Å². The lowest BCUT2D eigenvalue weighted by atomic mass is 9.89. The highest BCUT2D eigenvalue weighted by Crippen LogP contribution is 2.45. The standard InChI is InChI=1S/C23H24FN5O/c1-27-11-16(10-26-27)12-28-13-18-14-29(23(30)21-7-2-3-8-25-21)22(20(18)15-28)17-5-4-6-19(24)9-17/h2-11,18,20,22H,12-15H2,1H3/t18-,20-,22-/m0/s1. The summed E-state index contributed by atoms with van der Waals surface area (Å²) in [7, 11) is 1.92. The van der Waals surface area contributed by atoms with Gasteiger partial charge in [0.15, 0.2) is 0 Å². The van der Waals surface area contributed by atoms with Crippen LogP contribution in [0.25, 0.3) is 0 Å². The van der Waals surface area contributed by atoms with Gasteiger partial charge in [-0.05, 0) is 35.7 Å². The van der Waals surface area contributed by atoms with Gasteiger partial charge >= 0.3 is 0 Å². The van der Waals surface area contributed by atoms with Gasteiger partial charge < -0.3 is 4.90 Å². The third-order valence-corrected chi connectivity index (χ3v) is 6.24. The van der Waals surface area contributed by atoms with E-state index >= 15 is 0 Å². The van der Waals surface area contributed by atoms with Crippen LogP contribution in [0.5, 0.6) is 0 Å². The Morgan fingerprint density at radius 3 is 2.80 bits per heavy atom. The Kier molecular flexibility index (Phi) is 4.83. The number of carbonyl (C=O) groups excluding carboxylic acids is 1. The van der Waals surface area contributed by atoms with Crippen molar-refractivity contribution in [3.8, 4) is 0 Å². The number of hydrogen-bond donors (Lipinski definition) is 0. The summed E-state index contributed by atoms with van der Waals surface area (Å²) in [5, 5.41) is 4.26. The number of amides is 1. The summed E-state index contributed by atoms with van der Waals surface area (Å²) in [6.07, 6.45) is 5.57. The van der Waals surface area contributed by atoms with Gasteiger partial charge in [-0.3, -0.25) is 19.4 Å². The highest BCUT2D eigenvalue weighted by atomic mass is 19.1. The zero-order valence-corrected chi connectivity index (χ0v) is 16.9. The van der Waals surface area contributed by atoms with Crippen molar-refractivity contribution in [3.05, 3.63) is 83.7 Å². The second-order valence-corrected chi connectivity index (χ2v) is 8.31. The number of aromatic nitrogens is 3. The number of pyridine rings is 1. The van der Waals surface area contributed by atoms with Crippen LogP contribution in [-0.2, 0) is 13.6 Å². The molecule has 0 spiro atoms. The number of carbonyl (C=O) groups is 1. The molecule has 5 rings (SSSR count). The minimum atomic E-state index is -0.272. The summed E-state index contributed by atoms with van der Waals surface area (Å²) in [6, 6.07) is 11.9. The number of halogens is 1. The average Bonchev–Trinajstić information content (AvgIpc) is 3.42. The Labute approximate surface area is 174 Å². The fourth-order valence-corrected chi connectivity index (χ4v) is 5.04. The van der Waals surface area contributed by atoms with Crippen LogP contribution in [0.2, 0.25) is 0 Å². The molecule has 0 bridgehead atoms. The van der Waals surface area contributed by atoms with Crippen molar-refractivity contribution < 1.29 is 9.18 Å². The lowest BCUT2D eigenvalue weighted by Gasteiger charge is -2.29. The normalized spacial score (nSPS) is 23.7. The molecule has 2 saturated heterocycles. The van der Waals surface area contributed by atoms with Gasteiger partial charge in [0.2, 0.25) is 0 Å². The summed E-state index contributed by atoms with van der Waals surface area (Å²) in [6.45, 7) is 3.28. The maximum atomic E-state index is 14.0. The van der Waals surface area contributed by atoms with Crippen LogP contribution < -0.4 is 0 Å². The minimum absolute atomic E-state index is 0.0851. The molecule has 6 nitrogen and oxygen atoms in total. The van der Waals surface area contributed by atoms with Crippen molar-refractivity contribution in [2.45, 2.75) is 12.6 Å². The number of nitrogens with zero attached hydrogens (tertiary/aromatic N) is 5. The summed E-state index contributed by atoms with van der Waals surface area (Å²) in [4.78, 5) is 21.8. The Morgan fingerprint density at radius 2 is 2.07 bits per heavy atom. The molecule has 3 aromatic rings. The largest absolute Gasteiger partial charge is 0.330 e. The monoisotopic (exact) mass is 405 g/mol. The van der Waals surface area contributed by atoms with Crippen LogP contribution in [0, 0.1) is 17.7 Å². The first-order valence-corrected chi connectivity index (χ1v) is 10.3. The first kappa shape index (κ1) is 18.9. The quantitative estimate of drug-likeness (QED) is 0.670. The van der Waals surface area contributed by atoms with E-state index in [-0.39, 0.29) is 23.7 Å². The Balaban J connectivity index is 1.42. The molecule has 1 aromatic carbocycles. The van der Waals surface area contributed by atoms with Gasteiger partial charge in [0, 0.05) is 57.1 Å². The third kappa shape index (κ3) is 3.50.